The molecule has 0 radical (unpaired) electrons. The van der Waals surface area contributed by atoms with E-state index in [4.69, 9.17) is 4.84 Å². The first kappa shape index (κ1) is 25.2. The summed E-state index contributed by atoms with van der Waals surface area (Å²) in [6.07, 6.45) is 15.7. The third kappa shape index (κ3) is 4.68. The fourth-order valence-electron chi connectivity index (χ4n) is 8.74. The van der Waals surface area contributed by atoms with E-state index in [0.29, 0.717) is 29.8 Å². The van der Waals surface area contributed by atoms with Gasteiger partial charge in [0.1, 0.15) is 0 Å². The molecule has 3 saturated carbocycles. The highest BCUT2D eigenvalue weighted by molar-refractivity contribution is 5.74. The Kier molecular flexibility index (Phi) is 7.65. The molecule has 0 unspecified atom stereocenters. The number of amides is 1. The Bertz CT molecular complexity index is 734. The monoisotopic (exact) mass is 459 g/mol. The summed E-state index contributed by atoms with van der Waals surface area (Å²) in [5.41, 5.74) is 2.31. The Morgan fingerprint density at radius 1 is 1.21 bits per heavy atom. The number of nitrogens with zero attached hydrogens (tertiary/aromatic N) is 1. The van der Waals surface area contributed by atoms with Gasteiger partial charge in [-0.2, -0.15) is 0 Å². The number of rotatable bonds is 8. The quantitative estimate of drug-likeness (QED) is 0.255. The van der Waals surface area contributed by atoms with Crippen molar-refractivity contribution in [2.75, 3.05) is 13.7 Å². The lowest BCUT2D eigenvalue weighted by Gasteiger charge is -2.58. The summed E-state index contributed by atoms with van der Waals surface area (Å²) in [7, 11) is 1.77. The standard InChI is InChI=1S/C29H49NO3/c1-6-7-18-33-30(5)27(32)13-8-20(2)24-11-12-25-23-10-9-21-19-22(31)14-16-28(21,3)26(23)15-17-29(24,25)4/h9,20,22-26,31H,6-8,10-19H2,1-5H3/t20-,22+,23+,24-,25+,26+,28+,29-/m1/s1. The number of allylic oxidation sites excluding steroid dienone is 1. The van der Waals surface area contributed by atoms with Crippen molar-refractivity contribution in [2.24, 2.45) is 40.4 Å². The van der Waals surface area contributed by atoms with E-state index in [2.05, 4.69) is 33.8 Å². The Hall–Kier alpha value is -0.870. The van der Waals surface area contributed by atoms with Gasteiger partial charge in [-0.3, -0.25) is 9.63 Å². The summed E-state index contributed by atoms with van der Waals surface area (Å²) in [4.78, 5) is 18.2. The highest BCUT2D eigenvalue weighted by Gasteiger charge is 2.59. The number of fused-ring (bicyclic) bond motifs is 5. The highest BCUT2D eigenvalue weighted by atomic mass is 16.7. The van der Waals surface area contributed by atoms with Gasteiger partial charge < -0.3 is 5.11 Å². The summed E-state index contributed by atoms with van der Waals surface area (Å²) in [6.45, 7) is 10.3. The third-order valence-corrected chi connectivity index (χ3v) is 10.8. The Labute approximate surface area is 202 Å². The first-order chi connectivity index (χ1) is 15.7. The second-order valence-electron chi connectivity index (χ2n) is 12.5. The van der Waals surface area contributed by atoms with Gasteiger partial charge in [-0.25, -0.2) is 5.06 Å². The zero-order valence-electron chi connectivity index (χ0n) is 21.9. The second-order valence-corrected chi connectivity index (χ2v) is 12.5. The summed E-state index contributed by atoms with van der Waals surface area (Å²) in [5.74, 6) is 3.87. The summed E-state index contributed by atoms with van der Waals surface area (Å²) < 4.78 is 0. The Morgan fingerprint density at radius 2 is 2.00 bits per heavy atom. The van der Waals surface area contributed by atoms with Crippen LogP contribution in [0.3, 0.4) is 0 Å². The van der Waals surface area contributed by atoms with Crippen LogP contribution in [0.25, 0.3) is 0 Å². The maximum absolute atomic E-state index is 12.6. The maximum atomic E-state index is 12.6. The van der Waals surface area contributed by atoms with E-state index in [-0.39, 0.29) is 12.0 Å². The van der Waals surface area contributed by atoms with Gasteiger partial charge in [0.2, 0.25) is 5.91 Å². The summed E-state index contributed by atoms with van der Waals surface area (Å²) >= 11 is 0. The molecule has 8 atom stereocenters. The number of aliphatic hydroxyl groups is 1. The molecule has 0 spiro atoms. The first-order valence-electron chi connectivity index (χ1n) is 14.0. The van der Waals surface area contributed by atoms with Crippen molar-refractivity contribution in [1.82, 2.24) is 5.06 Å². The number of hydrogen-bond donors (Lipinski definition) is 1. The summed E-state index contributed by atoms with van der Waals surface area (Å²) in [5, 5.41) is 11.7. The molecule has 188 valence electrons. The first-order valence-corrected chi connectivity index (χ1v) is 14.0. The van der Waals surface area contributed by atoms with E-state index >= 15 is 0 Å². The molecule has 0 aromatic heterocycles. The van der Waals surface area contributed by atoms with E-state index in [1.165, 1.54) is 43.6 Å². The lowest BCUT2D eigenvalue weighted by Crippen LogP contribution is -2.50. The highest BCUT2D eigenvalue weighted by Crippen LogP contribution is 2.67. The van der Waals surface area contributed by atoms with Gasteiger partial charge in [0.15, 0.2) is 0 Å². The molecule has 0 saturated heterocycles. The van der Waals surface area contributed by atoms with Gasteiger partial charge in [0.05, 0.1) is 12.7 Å². The lowest BCUT2D eigenvalue weighted by molar-refractivity contribution is -0.179. The average Bonchev–Trinajstić information content (AvgIpc) is 3.15. The molecule has 1 amide bonds. The minimum atomic E-state index is -0.120. The van der Waals surface area contributed by atoms with Crippen molar-refractivity contribution >= 4 is 5.91 Å². The molecule has 4 aliphatic rings. The third-order valence-electron chi connectivity index (χ3n) is 10.8. The molecular formula is C29H49NO3. The number of carbonyl (C=O) groups excluding carboxylic acids is 1. The molecule has 1 N–H and O–H groups in total. The molecular weight excluding hydrogens is 410 g/mol. The van der Waals surface area contributed by atoms with E-state index in [1.54, 1.807) is 12.6 Å². The topological polar surface area (TPSA) is 49.8 Å². The van der Waals surface area contributed by atoms with Crippen LogP contribution in [0.15, 0.2) is 11.6 Å². The molecule has 0 aromatic carbocycles. The van der Waals surface area contributed by atoms with E-state index in [1.807, 2.05) is 0 Å². The predicted octanol–water partition coefficient (Wildman–Crippen LogP) is 6.53. The van der Waals surface area contributed by atoms with Crippen molar-refractivity contribution in [2.45, 2.75) is 111 Å². The zero-order chi connectivity index (χ0) is 23.8. The van der Waals surface area contributed by atoms with Crippen molar-refractivity contribution in [1.29, 1.82) is 0 Å². The number of hydrogen-bond acceptors (Lipinski definition) is 3. The van der Waals surface area contributed by atoms with Crippen molar-refractivity contribution in [3.63, 3.8) is 0 Å². The smallest absolute Gasteiger partial charge is 0.245 e. The van der Waals surface area contributed by atoms with Crippen LogP contribution >= 0.6 is 0 Å². The Morgan fingerprint density at radius 3 is 2.76 bits per heavy atom. The van der Waals surface area contributed by atoms with E-state index < -0.39 is 0 Å². The SMILES string of the molecule is CCCCON(C)C(=O)CC[C@@H](C)[C@H]1CC[C@H]2[C@@H]3CC=C4C[C@@H](O)CC[C@]4(C)[C@H]3CC[C@]12C. The lowest BCUT2D eigenvalue weighted by atomic mass is 9.47. The van der Waals surface area contributed by atoms with Crippen molar-refractivity contribution in [3.8, 4) is 0 Å². The van der Waals surface area contributed by atoms with Gasteiger partial charge in [-0.05, 0) is 105 Å². The van der Waals surface area contributed by atoms with E-state index in [0.717, 1.165) is 55.8 Å². The van der Waals surface area contributed by atoms with Gasteiger partial charge in [0, 0.05) is 13.5 Å². The second kappa shape index (κ2) is 10.0. The van der Waals surface area contributed by atoms with E-state index in [9.17, 15) is 9.90 Å². The van der Waals surface area contributed by atoms with Crippen LogP contribution in [0, 0.1) is 40.4 Å². The van der Waals surface area contributed by atoms with Gasteiger partial charge >= 0.3 is 0 Å². The van der Waals surface area contributed by atoms with Crippen LogP contribution in [0.4, 0.5) is 0 Å². The van der Waals surface area contributed by atoms with Crippen molar-refractivity contribution < 1.29 is 14.7 Å². The van der Waals surface area contributed by atoms with Crippen LogP contribution in [0.2, 0.25) is 0 Å². The van der Waals surface area contributed by atoms with Gasteiger partial charge in [-0.15, -0.1) is 0 Å². The van der Waals surface area contributed by atoms with Crippen LogP contribution in [0.5, 0.6) is 0 Å². The molecule has 0 aromatic rings. The molecule has 4 heteroatoms. The molecule has 4 aliphatic carbocycles. The predicted molar refractivity (Wildman–Crippen MR) is 133 cm³/mol. The fraction of sp³-hybridized carbons (Fsp3) is 0.897. The van der Waals surface area contributed by atoms with Gasteiger partial charge in [-0.1, -0.05) is 45.8 Å². The number of aliphatic hydroxyl groups excluding tert-OH is 1. The van der Waals surface area contributed by atoms with Crippen LogP contribution in [-0.4, -0.2) is 35.8 Å². The molecule has 0 heterocycles. The van der Waals surface area contributed by atoms with Crippen LogP contribution in [0.1, 0.15) is 105 Å². The minimum absolute atomic E-state index is 0.120. The fourth-order valence-corrected chi connectivity index (χ4v) is 8.74. The normalized spacial score (nSPS) is 40.9. The number of unbranched alkanes of at least 4 members (excludes halogenated alkanes) is 1. The molecule has 33 heavy (non-hydrogen) atoms. The van der Waals surface area contributed by atoms with Gasteiger partial charge in [0.25, 0.3) is 0 Å². The molecule has 4 rings (SSSR count). The Balaban J connectivity index is 1.38. The maximum Gasteiger partial charge on any atom is 0.245 e. The minimum Gasteiger partial charge on any atom is -0.393 e. The van der Waals surface area contributed by atoms with Crippen LogP contribution in [-0.2, 0) is 9.63 Å². The summed E-state index contributed by atoms with van der Waals surface area (Å²) in [6, 6.07) is 0. The average molecular weight is 460 g/mol. The molecule has 3 fully saturated rings. The number of hydroxylamine groups is 2. The largest absolute Gasteiger partial charge is 0.393 e. The molecule has 0 aliphatic heterocycles. The zero-order valence-corrected chi connectivity index (χ0v) is 21.9. The molecule has 4 nitrogen and oxygen atoms in total. The number of carbonyl (C=O) groups is 1. The molecule has 0 bridgehead atoms. The van der Waals surface area contributed by atoms with Crippen molar-refractivity contribution in [3.05, 3.63) is 11.6 Å². The van der Waals surface area contributed by atoms with Crippen LogP contribution < -0.4 is 0 Å².